The zero-order chi connectivity index (χ0) is 13.5. The summed E-state index contributed by atoms with van der Waals surface area (Å²) >= 11 is 0. The standard InChI is InChI=1S/C16H17F2N/c17-16(18)15-8-4-7-14(11-15)12-19-10-9-13-5-2-1-3-6-13/h1-8,11,16,19H,9-10,12H2. The molecular formula is C16H17F2N. The quantitative estimate of drug-likeness (QED) is 0.776. The van der Waals surface area contributed by atoms with E-state index in [1.165, 1.54) is 11.6 Å². The molecule has 2 rings (SSSR count). The van der Waals surface area contributed by atoms with Gasteiger partial charge in [0, 0.05) is 12.1 Å². The van der Waals surface area contributed by atoms with Crippen LogP contribution in [0.15, 0.2) is 54.6 Å². The van der Waals surface area contributed by atoms with Gasteiger partial charge in [0.1, 0.15) is 0 Å². The summed E-state index contributed by atoms with van der Waals surface area (Å²) in [7, 11) is 0. The highest BCUT2D eigenvalue weighted by atomic mass is 19.3. The van der Waals surface area contributed by atoms with E-state index in [1.54, 1.807) is 12.1 Å². The normalized spacial score (nSPS) is 10.9. The molecule has 2 aromatic carbocycles. The van der Waals surface area contributed by atoms with Crippen LogP contribution in [-0.2, 0) is 13.0 Å². The second-order valence-corrected chi connectivity index (χ2v) is 4.46. The van der Waals surface area contributed by atoms with Crippen LogP contribution in [0.4, 0.5) is 8.78 Å². The van der Waals surface area contributed by atoms with Crippen LogP contribution in [0.3, 0.4) is 0 Å². The molecule has 3 heteroatoms. The smallest absolute Gasteiger partial charge is 0.263 e. The van der Waals surface area contributed by atoms with Gasteiger partial charge in [-0.15, -0.1) is 0 Å². The van der Waals surface area contributed by atoms with Gasteiger partial charge in [0.25, 0.3) is 6.43 Å². The highest BCUT2D eigenvalue weighted by Gasteiger charge is 2.06. The Morgan fingerprint density at radius 1 is 0.895 bits per heavy atom. The molecule has 0 radical (unpaired) electrons. The van der Waals surface area contributed by atoms with E-state index < -0.39 is 6.43 Å². The number of alkyl halides is 2. The lowest BCUT2D eigenvalue weighted by Crippen LogP contribution is -2.16. The lowest BCUT2D eigenvalue weighted by Gasteiger charge is -2.07. The van der Waals surface area contributed by atoms with Gasteiger partial charge in [-0.05, 0) is 30.2 Å². The molecule has 0 atom stereocenters. The molecule has 1 N–H and O–H groups in total. The molecule has 0 aliphatic carbocycles. The number of nitrogens with one attached hydrogen (secondary N) is 1. The largest absolute Gasteiger partial charge is 0.312 e. The number of halogens is 2. The van der Waals surface area contributed by atoms with Crippen LogP contribution in [0.5, 0.6) is 0 Å². The Balaban J connectivity index is 1.78. The van der Waals surface area contributed by atoms with Gasteiger partial charge in [0.2, 0.25) is 0 Å². The van der Waals surface area contributed by atoms with Crippen molar-refractivity contribution in [3.05, 3.63) is 71.3 Å². The van der Waals surface area contributed by atoms with E-state index in [9.17, 15) is 8.78 Å². The molecule has 100 valence electrons. The average molecular weight is 261 g/mol. The summed E-state index contributed by atoms with van der Waals surface area (Å²) in [5.74, 6) is 0. The highest BCUT2D eigenvalue weighted by molar-refractivity contribution is 5.24. The van der Waals surface area contributed by atoms with E-state index in [4.69, 9.17) is 0 Å². The molecule has 0 aliphatic heterocycles. The van der Waals surface area contributed by atoms with Crippen LogP contribution in [0.1, 0.15) is 23.1 Å². The number of hydrogen-bond donors (Lipinski definition) is 1. The first-order valence-corrected chi connectivity index (χ1v) is 6.37. The van der Waals surface area contributed by atoms with Gasteiger partial charge in [-0.3, -0.25) is 0 Å². The van der Waals surface area contributed by atoms with Crippen molar-refractivity contribution >= 4 is 0 Å². The molecule has 0 aliphatic rings. The van der Waals surface area contributed by atoms with E-state index >= 15 is 0 Å². The molecule has 0 spiro atoms. The van der Waals surface area contributed by atoms with Crippen LogP contribution in [0.2, 0.25) is 0 Å². The van der Waals surface area contributed by atoms with Crippen molar-refractivity contribution in [3.63, 3.8) is 0 Å². The van der Waals surface area contributed by atoms with Crippen LogP contribution in [0, 0.1) is 0 Å². The van der Waals surface area contributed by atoms with Gasteiger partial charge in [-0.2, -0.15) is 0 Å². The predicted octanol–water partition coefficient (Wildman–Crippen LogP) is 3.96. The van der Waals surface area contributed by atoms with Crippen molar-refractivity contribution in [3.8, 4) is 0 Å². The van der Waals surface area contributed by atoms with Gasteiger partial charge in [-0.25, -0.2) is 8.78 Å². The van der Waals surface area contributed by atoms with Crippen molar-refractivity contribution in [1.82, 2.24) is 5.32 Å². The van der Waals surface area contributed by atoms with E-state index in [2.05, 4.69) is 17.4 Å². The summed E-state index contributed by atoms with van der Waals surface area (Å²) in [6, 6.07) is 16.7. The third-order valence-corrected chi connectivity index (χ3v) is 2.97. The summed E-state index contributed by atoms with van der Waals surface area (Å²) < 4.78 is 25.1. The molecule has 0 amide bonds. The van der Waals surface area contributed by atoms with Gasteiger partial charge in [0.05, 0.1) is 0 Å². The molecule has 0 bridgehead atoms. The van der Waals surface area contributed by atoms with Gasteiger partial charge in [-0.1, -0.05) is 48.5 Å². The molecule has 19 heavy (non-hydrogen) atoms. The molecule has 0 fully saturated rings. The predicted molar refractivity (Wildman–Crippen MR) is 73.3 cm³/mol. The zero-order valence-corrected chi connectivity index (χ0v) is 10.7. The molecule has 0 saturated carbocycles. The molecule has 0 aromatic heterocycles. The van der Waals surface area contributed by atoms with Crippen LogP contribution in [-0.4, -0.2) is 6.54 Å². The van der Waals surface area contributed by atoms with E-state index in [0.717, 1.165) is 18.5 Å². The minimum Gasteiger partial charge on any atom is -0.312 e. The molecule has 1 nitrogen and oxygen atoms in total. The van der Waals surface area contributed by atoms with Gasteiger partial charge in [0.15, 0.2) is 0 Å². The molecular weight excluding hydrogens is 244 g/mol. The van der Waals surface area contributed by atoms with Gasteiger partial charge >= 0.3 is 0 Å². The lowest BCUT2D eigenvalue weighted by atomic mass is 10.1. The minimum atomic E-state index is -2.40. The van der Waals surface area contributed by atoms with Crippen molar-refractivity contribution in [1.29, 1.82) is 0 Å². The summed E-state index contributed by atoms with van der Waals surface area (Å²) in [5, 5.41) is 3.27. The van der Waals surface area contributed by atoms with E-state index in [-0.39, 0.29) is 5.56 Å². The van der Waals surface area contributed by atoms with Crippen molar-refractivity contribution < 1.29 is 8.78 Å². The Kier molecular flexibility index (Phi) is 5.04. The summed E-state index contributed by atoms with van der Waals surface area (Å²) in [6.07, 6.45) is -1.46. The Labute approximate surface area is 112 Å². The fourth-order valence-electron chi connectivity index (χ4n) is 1.95. The van der Waals surface area contributed by atoms with E-state index in [1.807, 2.05) is 24.3 Å². The maximum Gasteiger partial charge on any atom is 0.263 e. The zero-order valence-electron chi connectivity index (χ0n) is 10.7. The van der Waals surface area contributed by atoms with Crippen LogP contribution >= 0.6 is 0 Å². The van der Waals surface area contributed by atoms with Crippen LogP contribution < -0.4 is 5.32 Å². The topological polar surface area (TPSA) is 12.0 Å². The molecule has 0 unspecified atom stereocenters. The first-order chi connectivity index (χ1) is 9.25. The summed E-state index contributed by atoms with van der Waals surface area (Å²) in [5.41, 5.74) is 2.25. The highest BCUT2D eigenvalue weighted by Crippen LogP contribution is 2.19. The number of benzene rings is 2. The maximum absolute atomic E-state index is 12.5. The average Bonchev–Trinajstić information content (AvgIpc) is 2.45. The molecule has 0 saturated heterocycles. The summed E-state index contributed by atoms with van der Waals surface area (Å²) in [4.78, 5) is 0. The Bertz CT molecular complexity index is 497. The maximum atomic E-state index is 12.5. The van der Waals surface area contributed by atoms with Crippen molar-refractivity contribution in [2.75, 3.05) is 6.54 Å². The lowest BCUT2D eigenvalue weighted by molar-refractivity contribution is 0.151. The van der Waals surface area contributed by atoms with E-state index in [0.29, 0.717) is 6.54 Å². The van der Waals surface area contributed by atoms with Crippen molar-refractivity contribution in [2.45, 2.75) is 19.4 Å². The van der Waals surface area contributed by atoms with Gasteiger partial charge < -0.3 is 5.32 Å². The Morgan fingerprint density at radius 3 is 2.37 bits per heavy atom. The molecule has 0 heterocycles. The monoisotopic (exact) mass is 261 g/mol. The van der Waals surface area contributed by atoms with Crippen molar-refractivity contribution in [2.24, 2.45) is 0 Å². The Morgan fingerprint density at radius 2 is 1.63 bits per heavy atom. The third kappa shape index (κ3) is 4.45. The fraction of sp³-hybridized carbons (Fsp3) is 0.250. The second kappa shape index (κ2) is 7.00. The molecule has 2 aromatic rings. The SMILES string of the molecule is FC(F)c1cccc(CNCCc2ccccc2)c1. The number of rotatable bonds is 6. The second-order valence-electron chi connectivity index (χ2n) is 4.46. The first kappa shape index (κ1) is 13.7. The number of hydrogen-bond acceptors (Lipinski definition) is 1. The fourth-order valence-corrected chi connectivity index (χ4v) is 1.95. The Hall–Kier alpha value is -1.74. The third-order valence-electron chi connectivity index (χ3n) is 2.97. The van der Waals surface area contributed by atoms with Crippen LogP contribution in [0.25, 0.3) is 0 Å². The minimum absolute atomic E-state index is 0.0855. The summed E-state index contributed by atoms with van der Waals surface area (Å²) in [6.45, 7) is 1.45. The first-order valence-electron chi connectivity index (χ1n) is 6.37.